The van der Waals surface area contributed by atoms with Crippen molar-refractivity contribution in [2.45, 2.75) is 26.3 Å². The molecule has 0 aliphatic rings. The lowest BCUT2D eigenvalue weighted by molar-refractivity contribution is -0.130. The number of hydrogen-bond acceptors (Lipinski definition) is 1. The fraction of sp³-hybridized carbons (Fsp3) is 0.400. The molecule has 0 saturated heterocycles. The number of halogens is 1. The molecule has 102 valence electrons. The third kappa shape index (κ3) is 3.38. The Kier molecular flexibility index (Phi) is 4.64. The van der Waals surface area contributed by atoms with Crippen LogP contribution in [0.2, 0.25) is 0 Å². The van der Waals surface area contributed by atoms with Gasteiger partial charge >= 0.3 is 0 Å². The molecule has 0 atom stereocenters. The SMILES string of the molecule is CCCCN(C)C(=O)Cn1ccc2cc(Br)ccc21. The number of carbonyl (C=O) groups excluding carboxylic acids is 1. The van der Waals surface area contributed by atoms with Crippen molar-refractivity contribution in [1.82, 2.24) is 9.47 Å². The average Bonchev–Trinajstić information content (AvgIpc) is 2.78. The van der Waals surface area contributed by atoms with Gasteiger partial charge in [-0.15, -0.1) is 0 Å². The summed E-state index contributed by atoms with van der Waals surface area (Å²) in [7, 11) is 1.88. The quantitative estimate of drug-likeness (QED) is 0.824. The highest BCUT2D eigenvalue weighted by molar-refractivity contribution is 9.10. The number of benzene rings is 1. The van der Waals surface area contributed by atoms with Crippen LogP contribution in [0.3, 0.4) is 0 Å². The van der Waals surface area contributed by atoms with E-state index in [2.05, 4.69) is 28.9 Å². The molecule has 3 nitrogen and oxygen atoms in total. The van der Waals surface area contributed by atoms with E-state index in [1.165, 1.54) is 0 Å². The summed E-state index contributed by atoms with van der Waals surface area (Å²) in [6, 6.07) is 8.15. The van der Waals surface area contributed by atoms with Crippen molar-refractivity contribution in [2.75, 3.05) is 13.6 Å². The molecule has 0 unspecified atom stereocenters. The molecule has 0 saturated carbocycles. The maximum absolute atomic E-state index is 12.1. The third-order valence-corrected chi connectivity index (χ3v) is 3.80. The van der Waals surface area contributed by atoms with Crippen LogP contribution in [0.4, 0.5) is 0 Å². The van der Waals surface area contributed by atoms with Crippen LogP contribution in [0.5, 0.6) is 0 Å². The van der Waals surface area contributed by atoms with Crippen LogP contribution in [-0.4, -0.2) is 29.0 Å². The van der Waals surface area contributed by atoms with Gasteiger partial charge in [-0.3, -0.25) is 4.79 Å². The lowest BCUT2D eigenvalue weighted by Gasteiger charge is -2.17. The molecule has 4 heteroatoms. The van der Waals surface area contributed by atoms with Gasteiger partial charge in [0.2, 0.25) is 5.91 Å². The van der Waals surface area contributed by atoms with E-state index in [0.29, 0.717) is 6.54 Å². The smallest absolute Gasteiger partial charge is 0.242 e. The van der Waals surface area contributed by atoms with Crippen molar-refractivity contribution < 1.29 is 4.79 Å². The van der Waals surface area contributed by atoms with Gasteiger partial charge in [-0.05, 0) is 30.7 Å². The van der Waals surface area contributed by atoms with Gasteiger partial charge in [0.15, 0.2) is 0 Å². The Morgan fingerprint density at radius 1 is 1.37 bits per heavy atom. The van der Waals surface area contributed by atoms with Crippen molar-refractivity contribution in [2.24, 2.45) is 0 Å². The largest absolute Gasteiger partial charge is 0.344 e. The first kappa shape index (κ1) is 14.1. The molecule has 0 N–H and O–H groups in total. The summed E-state index contributed by atoms with van der Waals surface area (Å²) in [6.45, 7) is 3.38. The lowest BCUT2D eigenvalue weighted by atomic mass is 10.2. The second-order valence-electron chi connectivity index (χ2n) is 4.82. The molecule has 1 heterocycles. The zero-order valence-electron chi connectivity index (χ0n) is 11.4. The van der Waals surface area contributed by atoms with Gasteiger partial charge in [-0.2, -0.15) is 0 Å². The molecule has 1 aromatic carbocycles. The van der Waals surface area contributed by atoms with E-state index >= 15 is 0 Å². The van der Waals surface area contributed by atoms with E-state index < -0.39 is 0 Å². The molecule has 1 aromatic heterocycles. The zero-order chi connectivity index (χ0) is 13.8. The Labute approximate surface area is 122 Å². The Balaban J connectivity index is 2.11. The van der Waals surface area contributed by atoms with Gasteiger partial charge in [-0.25, -0.2) is 0 Å². The summed E-state index contributed by atoms with van der Waals surface area (Å²) in [5, 5.41) is 1.15. The second-order valence-corrected chi connectivity index (χ2v) is 5.73. The number of carbonyl (C=O) groups is 1. The number of aromatic nitrogens is 1. The maximum Gasteiger partial charge on any atom is 0.242 e. The standard InChI is InChI=1S/C15H19BrN2O/c1-3-4-8-17(2)15(19)11-18-9-7-12-10-13(16)5-6-14(12)18/h5-7,9-10H,3-4,8,11H2,1-2H3. The van der Waals surface area contributed by atoms with Gasteiger partial charge in [0, 0.05) is 35.2 Å². The first-order valence-electron chi connectivity index (χ1n) is 6.60. The lowest BCUT2D eigenvalue weighted by Crippen LogP contribution is -2.30. The van der Waals surface area contributed by atoms with Crippen molar-refractivity contribution >= 4 is 32.7 Å². The fourth-order valence-corrected chi connectivity index (χ4v) is 2.47. The number of amides is 1. The minimum absolute atomic E-state index is 0.161. The highest BCUT2D eigenvalue weighted by atomic mass is 79.9. The van der Waals surface area contributed by atoms with E-state index in [1.54, 1.807) is 0 Å². The summed E-state index contributed by atoms with van der Waals surface area (Å²) in [6.07, 6.45) is 4.14. The van der Waals surface area contributed by atoms with Crippen LogP contribution in [0.15, 0.2) is 34.9 Å². The topological polar surface area (TPSA) is 25.2 Å². The molecular weight excluding hydrogens is 304 g/mol. The Morgan fingerprint density at radius 2 is 2.16 bits per heavy atom. The van der Waals surface area contributed by atoms with Crippen molar-refractivity contribution in [1.29, 1.82) is 0 Å². The summed E-state index contributed by atoms with van der Waals surface area (Å²) in [5.74, 6) is 0.161. The number of fused-ring (bicyclic) bond motifs is 1. The highest BCUT2D eigenvalue weighted by Crippen LogP contribution is 2.20. The van der Waals surface area contributed by atoms with Crippen LogP contribution in [0, 0.1) is 0 Å². The molecule has 0 aliphatic heterocycles. The van der Waals surface area contributed by atoms with E-state index in [9.17, 15) is 4.79 Å². The predicted molar refractivity (Wildman–Crippen MR) is 82.2 cm³/mol. The van der Waals surface area contributed by atoms with E-state index in [0.717, 1.165) is 34.8 Å². The normalized spacial score (nSPS) is 10.9. The second kappa shape index (κ2) is 6.24. The molecule has 2 aromatic rings. The Hall–Kier alpha value is -1.29. The van der Waals surface area contributed by atoms with Crippen LogP contribution < -0.4 is 0 Å². The van der Waals surface area contributed by atoms with Gasteiger partial charge in [0.25, 0.3) is 0 Å². The van der Waals surface area contributed by atoms with Gasteiger partial charge in [0.1, 0.15) is 6.54 Å². The number of unbranched alkanes of at least 4 members (excludes halogenated alkanes) is 1. The molecule has 2 rings (SSSR count). The molecule has 0 spiro atoms. The first-order chi connectivity index (χ1) is 9.11. The molecule has 19 heavy (non-hydrogen) atoms. The van der Waals surface area contributed by atoms with Crippen molar-refractivity contribution in [3.8, 4) is 0 Å². The Bertz CT molecular complexity index is 577. The molecule has 1 amide bonds. The Morgan fingerprint density at radius 3 is 2.89 bits per heavy atom. The molecule has 0 aliphatic carbocycles. The van der Waals surface area contributed by atoms with Gasteiger partial charge in [-0.1, -0.05) is 29.3 Å². The van der Waals surface area contributed by atoms with E-state index in [-0.39, 0.29) is 5.91 Å². The summed E-state index contributed by atoms with van der Waals surface area (Å²) >= 11 is 3.46. The van der Waals surface area contributed by atoms with Crippen LogP contribution in [-0.2, 0) is 11.3 Å². The minimum atomic E-state index is 0.161. The number of hydrogen-bond donors (Lipinski definition) is 0. The monoisotopic (exact) mass is 322 g/mol. The van der Waals surface area contributed by atoms with Crippen molar-refractivity contribution in [3.63, 3.8) is 0 Å². The van der Waals surface area contributed by atoms with Crippen LogP contribution >= 0.6 is 15.9 Å². The predicted octanol–water partition coefficient (Wildman–Crippen LogP) is 3.66. The number of likely N-dealkylation sites (N-methyl/N-ethyl adjacent to an activating group) is 1. The summed E-state index contributed by atoms with van der Waals surface area (Å²) in [4.78, 5) is 13.9. The van der Waals surface area contributed by atoms with Crippen LogP contribution in [0.1, 0.15) is 19.8 Å². The van der Waals surface area contributed by atoms with Gasteiger partial charge < -0.3 is 9.47 Å². The first-order valence-corrected chi connectivity index (χ1v) is 7.39. The highest BCUT2D eigenvalue weighted by Gasteiger charge is 2.10. The molecule has 0 bridgehead atoms. The van der Waals surface area contributed by atoms with E-state index in [1.807, 2.05) is 40.9 Å². The molecule has 0 fully saturated rings. The van der Waals surface area contributed by atoms with Crippen LogP contribution in [0.25, 0.3) is 10.9 Å². The zero-order valence-corrected chi connectivity index (χ0v) is 13.0. The number of nitrogens with zero attached hydrogens (tertiary/aromatic N) is 2. The third-order valence-electron chi connectivity index (χ3n) is 3.31. The van der Waals surface area contributed by atoms with E-state index in [4.69, 9.17) is 0 Å². The average molecular weight is 323 g/mol. The molecule has 0 radical (unpaired) electrons. The van der Waals surface area contributed by atoms with Gasteiger partial charge in [0.05, 0.1) is 0 Å². The maximum atomic E-state index is 12.1. The van der Waals surface area contributed by atoms with Crippen molar-refractivity contribution in [3.05, 3.63) is 34.9 Å². The fourth-order valence-electron chi connectivity index (χ4n) is 2.10. The molecular formula is C15H19BrN2O. The minimum Gasteiger partial charge on any atom is -0.344 e. The number of rotatable bonds is 5. The summed E-state index contributed by atoms with van der Waals surface area (Å²) < 4.78 is 3.07. The summed E-state index contributed by atoms with van der Waals surface area (Å²) in [5.41, 5.74) is 1.10.